The number of anilines is 2. The highest BCUT2D eigenvalue weighted by atomic mass is 35.5. The average molecular weight is 539 g/mol. The van der Waals surface area contributed by atoms with Crippen molar-refractivity contribution in [2.75, 3.05) is 10.6 Å². The normalized spacial score (nSPS) is 13.7. The van der Waals surface area contributed by atoms with Gasteiger partial charge in [0, 0.05) is 25.6 Å². The number of rotatable bonds is 8. The van der Waals surface area contributed by atoms with Crippen molar-refractivity contribution < 1.29 is 23.5 Å². The van der Waals surface area contributed by atoms with Crippen molar-refractivity contribution in [2.24, 2.45) is 5.73 Å². The zero-order valence-electron chi connectivity index (χ0n) is 20.9. The van der Waals surface area contributed by atoms with Gasteiger partial charge >= 0.3 is 0 Å². The molecule has 4 rings (SSSR count). The van der Waals surface area contributed by atoms with E-state index in [0.29, 0.717) is 42.9 Å². The molecule has 1 heterocycles. The third-order valence-electron chi connectivity index (χ3n) is 6.39. The largest absolute Gasteiger partial charge is 0.489 e. The summed E-state index contributed by atoms with van der Waals surface area (Å²) in [6.45, 7) is 2.21. The molecule has 1 aliphatic rings. The van der Waals surface area contributed by atoms with Gasteiger partial charge in [0.15, 0.2) is 0 Å². The lowest BCUT2D eigenvalue weighted by Gasteiger charge is -2.26. The van der Waals surface area contributed by atoms with E-state index in [2.05, 4.69) is 15.6 Å². The third kappa shape index (κ3) is 6.35. The first-order valence-electron chi connectivity index (χ1n) is 12.4. The summed E-state index contributed by atoms with van der Waals surface area (Å²) in [6, 6.07) is 9.96. The standard InChI is InChI=1S/C28H28ClFN4O4/c1-2-21-16(14-31)3-10-22(26(21)38-20-8-6-19(35)7-9-20)27(36)33-24-11-5-18(30)13-23(24)28(37)34-25-12-4-17(29)15-32-25/h3-5,10-13,15,20H,2,6-9,14,31H2,1H3,(H,33,36)(H,32,34,37). The highest BCUT2D eigenvalue weighted by Crippen LogP contribution is 2.33. The predicted octanol–water partition coefficient (Wildman–Crippen LogP) is 5.29. The minimum Gasteiger partial charge on any atom is -0.489 e. The second-order valence-electron chi connectivity index (χ2n) is 8.95. The number of carbonyl (C=O) groups is 3. The van der Waals surface area contributed by atoms with Gasteiger partial charge in [-0.15, -0.1) is 0 Å². The Morgan fingerprint density at radius 1 is 1.08 bits per heavy atom. The summed E-state index contributed by atoms with van der Waals surface area (Å²) in [7, 11) is 0. The Balaban J connectivity index is 1.64. The quantitative estimate of drug-likeness (QED) is 0.358. The van der Waals surface area contributed by atoms with Gasteiger partial charge in [0.25, 0.3) is 11.8 Å². The Bertz CT molecular complexity index is 1350. The van der Waals surface area contributed by atoms with Gasteiger partial charge in [-0.1, -0.05) is 24.6 Å². The Morgan fingerprint density at radius 2 is 1.82 bits per heavy atom. The van der Waals surface area contributed by atoms with Gasteiger partial charge in [0.2, 0.25) is 0 Å². The fraction of sp³-hybridized carbons (Fsp3) is 0.286. The van der Waals surface area contributed by atoms with Crippen molar-refractivity contribution in [1.82, 2.24) is 4.98 Å². The Kier molecular flexibility index (Phi) is 8.70. The Hall–Kier alpha value is -3.82. The molecule has 0 atom stereocenters. The molecule has 4 N–H and O–H groups in total. The number of benzene rings is 2. The molecular weight excluding hydrogens is 511 g/mol. The summed E-state index contributed by atoms with van der Waals surface area (Å²) in [5.74, 6) is -1.02. The van der Waals surface area contributed by atoms with E-state index in [4.69, 9.17) is 22.1 Å². The van der Waals surface area contributed by atoms with E-state index in [-0.39, 0.29) is 41.1 Å². The molecule has 1 fully saturated rings. The average Bonchev–Trinajstić information content (AvgIpc) is 2.91. The minimum atomic E-state index is -0.661. The van der Waals surface area contributed by atoms with Crippen molar-refractivity contribution in [2.45, 2.75) is 51.7 Å². The molecule has 0 unspecified atom stereocenters. The van der Waals surface area contributed by atoms with E-state index >= 15 is 0 Å². The number of halogens is 2. The van der Waals surface area contributed by atoms with Crippen molar-refractivity contribution in [3.8, 4) is 5.75 Å². The second-order valence-corrected chi connectivity index (χ2v) is 9.39. The molecule has 0 spiro atoms. The number of nitrogens with one attached hydrogen (secondary N) is 2. The maximum absolute atomic E-state index is 14.1. The van der Waals surface area contributed by atoms with E-state index < -0.39 is 17.6 Å². The first kappa shape index (κ1) is 27.2. The molecule has 2 aromatic carbocycles. The van der Waals surface area contributed by atoms with Crippen LogP contribution in [0.4, 0.5) is 15.9 Å². The van der Waals surface area contributed by atoms with Gasteiger partial charge in [-0.05, 0) is 66.8 Å². The second kappa shape index (κ2) is 12.1. The highest BCUT2D eigenvalue weighted by Gasteiger charge is 2.26. The number of nitrogens with two attached hydrogens (primary N) is 1. The molecule has 3 aromatic rings. The minimum absolute atomic E-state index is 0.0855. The molecule has 0 radical (unpaired) electrons. The Labute approximate surface area is 224 Å². The summed E-state index contributed by atoms with van der Waals surface area (Å²) >= 11 is 5.84. The molecular formula is C28H28ClFN4O4. The van der Waals surface area contributed by atoms with Gasteiger partial charge in [-0.2, -0.15) is 0 Å². The zero-order valence-corrected chi connectivity index (χ0v) is 21.6. The van der Waals surface area contributed by atoms with Crippen molar-refractivity contribution in [3.63, 3.8) is 0 Å². The number of amides is 2. The smallest absolute Gasteiger partial charge is 0.259 e. The van der Waals surface area contributed by atoms with Gasteiger partial charge in [0.1, 0.15) is 23.2 Å². The lowest BCUT2D eigenvalue weighted by atomic mass is 9.95. The van der Waals surface area contributed by atoms with Gasteiger partial charge in [0.05, 0.1) is 27.9 Å². The van der Waals surface area contributed by atoms with Crippen LogP contribution in [0.1, 0.15) is 64.4 Å². The molecule has 8 nitrogen and oxygen atoms in total. The summed E-state index contributed by atoms with van der Waals surface area (Å²) in [4.78, 5) is 42.2. The monoisotopic (exact) mass is 538 g/mol. The van der Waals surface area contributed by atoms with Crippen LogP contribution in [0.5, 0.6) is 5.75 Å². The summed E-state index contributed by atoms with van der Waals surface area (Å²) in [5.41, 5.74) is 7.88. The molecule has 10 heteroatoms. The van der Waals surface area contributed by atoms with Crippen LogP contribution in [0.25, 0.3) is 0 Å². The highest BCUT2D eigenvalue weighted by molar-refractivity contribution is 6.30. The third-order valence-corrected chi connectivity index (χ3v) is 6.62. The van der Waals surface area contributed by atoms with Gasteiger partial charge < -0.3 is 21.1 Å². The lowest BCUT2D eigenvalue weighted by molar-refractivity contribution is -0.121. The molecule has 1 aromatic heterocycles. The topological polar surface area (TPSA) is 123 Å². The Morgan fingerprint density at radius 3 is 2.47 bits per heavy atom. The fourth-order valence-electron chi connectivity index (χ4n) is 4.40. The number of Topliss-reactive ketones (excluding diaryl/α,β-unsaturated/α-hetero) is 1. The molecule has 198 valence electrons. The maximum Gasteiger partial charge on any atom is 0.259 e. The number of aromatic nitrogens is 1. The van der Waals surface area contributed by atoms with Crippen LogP contribution in [-0.2, 0) is 17.8 Å². The summed E-state index contributed by atoms with van der Waals surface area (Å²) in [5, 5.41) is 5.70. The van der Waals surface area contributed by atoms with Crippen LogP contribution in [-0.4, -0.2) is 28.7 Å². The van der Waals surface area contributed by atoms with Crippen LogP contribution >= 0.6 is 11.6 Å². The summed E-state index contributed by atoms with van der Waals surface area (Å²) in [6.07, 6.45) is 3.73. The number of pyridine rings is 1. The van der Waals surface area contributed by atoms with Crippen LogP contribution in [0, 0.1) is 5.82 Å². The number of nitrogens with zero attached hydrogens (tertiary/aromatic N) is 1. The van der Waals surface area contributed by atoms with E-state index in [1.165, 1.54) is 18.3 Å². The number of ether oxygens (including phenoxy) is 1. The van der Waals surface area contributed by atoms with Crippen LogP contribution in [0.2, 0.25) is 5.02 Å². The van der Waals surface area contributed by atoms with E-state index in [1.807, 2.05) is 6.92 Å². The number of ketones is 1. The number of hydrogen-bond donors (Lipinski definition) is 3. The van der Waals surface area contributed by atoms with Crippen molar-refractivity contribution in [3.05, 3.63) is 81.8 Å². The van der Waals surface area contributed by atoms with E-state index in [0.717, 1.165) is 23.3 Å². The first-order chi connectivity index (χ1) is 18.3. The van der Waals surface area contributed by atoms with E-state index in [1.54, 1.807) is 18.2 Å². The predicted molar refractivity (Wildman–Crippen MR) is 143 cm³/mol. The zero-order chi connectivity index (χ0) is 27.2. The van der Waals surface area contributed by atoms with Gasteiger partial charge in [-0.25, -0.2) is 9.37 Å². The van der Waals surface area contributed by atoms with Crippen LogP contribution < -0.4 is 21.1 Å². The first-order valence-corrected chi connectivity index (χ1v) is 12.7. The molecule has 1 saturated carbocycles. The van der Waals surface area contributed by atoms with Crippen LogP contribution in [0.3, 0.4) is 0 Å². The molecule has 0 saturated heterocycles. The van der Waals surface area contributed by atoms with Crippen LogP contribution in [0.15, 0.2) is 48.7 Å². The maximum atomic E-state index is 14.1. The van der Waals surface area contributed by atoms with Gasteiger partial charge in [-0.3, -0.25) is 14.4 Å². The van der Waals surface area contributed by atoms with E-state index in [9.17, 15) is 18.8 Å². The molecule has 0 aliphatic heterocycles. The summed E-state index contributed by atoms with van der Waals surface area (Å²) < 4.78 is 20.4. The molecule has 0 bridgehead atoms. The fourth-order valence-corrected chi connectivity index (χ4v) is 4.51. The molecule has 38 heavy (non-hydrogen) atoms. The lowest BCUT2D eigenvalue weighted by Crippen LogP contribution is -2.26. The van der Waals surface area contributed by atoms with Crippen molar-refractivity contribution in [1.29, 1.82) is 0 Å². The molecule has 2 amide bonds. The molecule has 1 aliphatic carbocycles. The number of carbonyl (C=O) groups excluding carboxylic acids is 3. The van der Waals surface area contributed by atoms with Crippen molar-refractivity contribution >= 4 is 40.7 Å². The SMILES string of the molecule is CCc1c(CN)ccc(C(=O)Nc2ccc(F)cc2C(=O)Nc2ccc(Cl)cn2)c1OC1CCC(=O)CC1. The number of hydrogen-bond acceptors (Lipinski definition) is 6.